The van der Waals surface area contributed by atoms with Crippen LogP contribution in [0.25, 0.3) is 21.7 Å². The van der Waals surface area contributed by atoms with Crippen LogP contribution < -0.4 is 5.56 Å². The summed E-state index contributed by atoms with van der Waals surface area (Å²) >= 11 is 1.61. The Kier molecular flexibility index (Phi) is 4.06. The summed E-state index contributed by atoms with van der Waals surface area (Å²) < 4.78 is 1.65. The number of aromatic nitrogens is 2. The van der Waals surface area contributed by atoms with Crippen LogP contribution >= 0.6 is 11.8 Å². The highest BCUT2D eigenvalue weighted by Gasteiger charge is 2.14. The van der Waals surface area contributed by atoms with E-state index in [1.54, 1.807) is 23.4 Å². The summed E-state index contributed by atoms with van der Waals surface area (Å²) in [4.78, 5) is 17.6. The van der Waals surface area contributed by atoms with Crippen LogP contribution in [-0.2, 0) is 7.05 Å². The van der Waals surface area contributed by atoms with Gasteiger partial charge in [-0.1, -0.05) is 66.4 Å². The smallest absolute Gasteiger partial charge is 0.261 e. The fourth-order valence-corrected chi connectivity index (χ4v) is 3.99. The minimum absolute atomic E-state index is 0.00138. The van der Waals surface area contributed by atoms with Gasteiger partial charge in [-0.3, -0.25) is 9.36 Å². The number of nitrogens with zero attached hydrogens (tertiary/aromatic N) is 2. The fraction of sp³-hybridized carbons (Fsp3) is 0.143. The van der Waals surface area contributed by atoms with Gasteiger partial charge in [-0.25, -0.2) is 4.98 Å². The molecule has 25 heavy (non-hydrogen) atoms. The Morgan fingerprint density at radius 2 is 1.60 bits per heavy atom. The summed E-state index contributed by atoms with van der Waals surface area (Å²) in [7, 11) is 1.80. The van der Waals surface area contributed by atoms with Crippen molar-refractivity contribution >= 4 is 33.4 Å². The normalized spacial score (nSPS) is 12.6. The zero-order valence-electron chi connectivity index (χ0n) is 14.1. The molecule has 4 heteroatoms. The van der Waals surface area contributed by atoms with E-state index in [2.05, 4.69) is 19.1 Å². The molecular formula is C21H18N2OS. The highest BCUT2D eigenvalue weighted by molar-refractivity contribution is 7.99. The second-order valence-electron chi connectivity index (χ2n) is 6.15. The van der Waals surface area contributed by atoms with E-state index in [-0.39, 0.29) is 10.8 Å². The maximum absolute atomic E-state index is 12.8. The molecule has 1 heterocycles. The molecule has 3 nitrogen and oxygen atoms in total. The molecule has 0 saturated carbocycles. The van der Waals surface area contributed by atoms with Gasteiger partial charge in [0.25, 0.3) is 5.56 Å². The van der Waals surface area contributed by atoms with Gasteiger partial charge in [-0.05, 0) is 35.4 Å². The molecule has 0 unspecified atom stereocenters. The first-order valence-electron chi connectivity index (χ1n) is 8.24. The minimum atomic E-state index is -0.00138. The first-order valence-corrected chi connectivity index (χ1v) is 9.12. The van der Waals surface area contributed by atoms with Gasteiger partial charge in [0.2, 0.25) is 0 Å². The van der Waals surface area contributed by atoms with E-state index in [1.165, 1.54) is 5.56 Å². The summed E-state index contributed by atoms with van der Waals surface area (Å²) in [5.74, 6) is 0. The molecule has 3 aromatic carbocycles. The van der Waals surface area contributed by atoms with Gasteiger partial charge in [0, 0.05) is 12.3 Å². The molecule has 0 amide bonds. The zero-order chi connectivity index (χ0) is 17.4. The third-order valence-electron chi connectivity index (χ3n) is 4.45. The van der Waals surface area contributed by atoms with Crippen LogP contribution in [0.4, 0.5) is 0 Å². The molecule has 0 aliphatic rings. The Hall–Kier alpha value is -2.59. The van der Waals surface area contributed by atoms with E-state index >= 15 is 0 Å². The molecule has 0 N–H and O–H groups in total. The average molecular weight is 346 g/mol. The van der Waals surface area contributed by atoms with Gasteiger partial charge in [0.15, 0.2) is 5.16 Å². The van der Waals surface area contributed by atoms with Crippen LogP contribution in [0.2, 0.25) is 0 Å². The van der Waals surface area contributed by atoms with Crippen molar-refractivity contribution in [1.82, 2.24) is 9.55 Å². The lowest BCUT2D eigenvalue weighted by Gasteiger charge is -2.14. The van der Waals surface area contributed by atoms with E-state index < -0.39 is 0 Å². The van der Waals surface area contributed by atoms with Gasteiger partial charge in [-0.15, -0.1) is 0 Å². The lowest BCUT2D eigenvalue weighted by Crippen LogP contribution is -2.20. The van der Waals surface area contributed by atoms with Crippen molar-refractivity contribution in [3.05, 3.63) is 82.6 Å². The molecule has 124 valence electrons. The van der Waals surface area contributed by atoms with Crippen LogP contribution in [0.1, 0.15) is 17.7 Å². The van der Waals surface area contributed by atoms with Gasteiger partial charge in [0.1, 0.15) is 0 Å². The number of benzene rings is 3. The van der Waals surface area contributed by atoms with E-state index in [0.717, 1.165) is 21.4 Å². The highest BCUT2D eigenvalue weighted by Crippen LogP contribution is 2.33. The Morgan fingerprint density at radius 1 is 0.960 bits per heavy atom. The Labute approximate surface area is 150 Å². The van der Waals surface area contributed by atoms with Crippen LogP contribution in [0.3, 0.4) is 0 Å². The van der Waals surface area contributed by atoms with E-state index in [9.17, 15) is 4.79 Å². The second-order valence-corrected chi connectivity index (χ2v) is 7.45. The first-order chi connectivity index (χ1) is 12.1. The van der Waals surface area contributed by atoms with Gasteiger partial charge in [-0.2, -0.15) is 0 Å². The van der Waals surface area contributed by atoms with Crippen molar-refractivity contribution in [1.29, 1.82) is 0 Å². The topological polar surface area (TPSA) is 34.9 Å². The SMILES string of the molecule is C[C@H](Sc1nc2cc3ccccc3cc2c(=O)n1C)c1ccccc1. The van der Waals surface area contributed by atoms with Crippen molar-refractivity contribution in [3.8, 4) is 0 Å². The number of thioether (sulfide) groups is 1. The Bertz CT molecular complexity index is 1120. The zero-order valence-corrected chi connectivity index (χ0v) is 15.0. The van der Waals surface area contributed by atoms with Crippen molar-refractivity contribution in [2.24, 2.45) is 7.05 Å². The summed E-state index contributed by atoms with van der Waals surface area (Å²) in [6.07, 6.45) is 0. The molecule has 0 bridgehead atoms. The summed E-state index contributed by atoms with van der Waals surface area (Å²) in [5.41, 5.74) is 1.98. The van der Waals surface area contributed by atoms with E-state index in [4.69, 9.17) is 4.98 Å². The first kappa shape index (κ1) is 15.9. The molecule has 0 spiro atoms. The molecule has 4 rings (SSSR count). The van der Waals surface area contributed by atoms with Gasteiger partial charge in [0.05, 0.1) is 10.9 Å². The van der Waals surface area contributed by atoms with E-state index in [0.29, 0.717) is 5.39 Å². The minimum Gasteiger partial charge on any atom is -0.290 e. The van der Waals surface area contributed by atoms with Crippen molar-refractivity contribution < 1.29 is 0 Å². The molecular weight excluding hydrogens is 328 g/mol. The number of rotatable bonds is 3. The predicted octanol–water partition coefficient (Wildman–Crippen LogP) is 4.94. The van der Waals surface area contributed by atoms with Crippen LogP contribution in [-0.4, -0.2) is 9.55 Å². The quantitative estimate of drug-likeness (QED) is 0.299. The molecule has 4 aromatic rings. The Morgan fingerprint density at radius 3 is 2.32 bits per heavy atom. The third kappa shape index (κ3) is 2.94. The lowest BCUT2D eigenvalue weighted by atomic mass is 10.1. The molecule has 0 saturated heterocycles. The molecule has 0 aliphatic carbocycles. The van der Waals surface area contributed by atoms with Crippen molar-refractivity contribution in [3.63, 3.8) is 0 Å². The maximum atomic E-state index is 12.8. The van der Waals surface area contributed by atoms with Crippen LogP contribution in [0.5, 0.6) is 0 Å². The number of hydrogen-bond donors (Lipinski definition) is 0. The molecule has 0 fully saturated rings. The summed E-state index contributed by atoms with van der Waals surface area (Å²) in [6.45, 7) is 2.14. The Balaban J connectivity index is 1.83. The maximum Gasteiger partial charge on any atom is 0.261 e. The monoisotopic (exact) mass is 346 g/mol. The number of fused-ring (bicyclic) bond motifs is 2. The van der Waals surface area contributed by atoms with Crippen LogP contribution in [0.15, 0.2) is 76.7 Å². The average Bonchev–Trinajstić information content (AvgIpc) is 2.65. The lowest BCUT2D eigenvalue weighted by molar-refractivity contribution is 0.724. The largest absolute Gasteiger partial charge is 0.290 e. The molecule has 1 aromatic heterocycles. The third-order valence-corrected chi connectivity index (χ3v) is 5.65. The van der Waals surface area contributed by atoms with E-state index in [1.807, 2.05) is 54.6 Å². The highest BCUT2D eigenvalue weighted by atomic mass is 32.2. The molecule has 1 atom stereocenters. The summed E-state index contributed by atoms with van der Waals surface area (Å²) in [5, 5.41) is 3.79. The predicted molar refractivity (Wildman–Crippen MR) is 105 cm³/mol. The van der Waals surface area contributed by atoms with Crippen molar-refractivity contribution in [2.45, 2.75) is 17.3 Å². The van der Waals surface area contributed by atoms with Gasteiger partial charge >= 0.3 is 0 Å². The molecule has 0 radical (unpaired) electrons. The van der Waals surface area contributed by atoms with Crippen molar-refractivity contribution in [2.75, 3.05) is 0 Å². The standard InChI is InChI=1S/C21H18N2OS/c1-14(15-8-4-3-5-9-15)25-21-22-19-13-17-11-7-6-10-16(17)12-18(19)20(24)23(21)2/h3-14H,1-2H3/t14-/m0/s1. The number of hydrogen-bond acceptors (Lipinski definition) is 3. The molecule has 0 aliphatic heterocycles. The fourth-order valence-electron chi connectivity index (χ4n) is 2.99. The van der Waals surface area contributed by atoms with Crippen LogP contribution in [0, 0.1) is 0 Å². The second kappa shape index (κ2) is 6.37. The summed E-state index contributed by atoms with van der Waals surface area (Å²) in [6, 6.07) is 22.3. The van der Waals surface area contributed by atoms with Gasteiger partial charge < -0.3 is 0 Å².